The molecule has 0 saturated heterocycles. The standard InChI is InChI=1S/C16H22BrNO/c1-2-11-5-7-16(8-6-11)10-14(18)13-9-12(17)3-4-15(13)19-16/h3-4,9,11,14H,2,5-8,10,18H2,1H3. The Balaban J connectivity index is 1.83. The molecule has 0 aromatic heterocycles. The summed E-state index contributed by atoms with van der Waals surface area (Å²) in [6.07, 6.45) is 7.16. The van der Waals surface area contributed by atoms with Crippen molar-refractivity contribution in [3.05, 3.63) is 28.2 Å². The van der Waals surface area contributed by atoms with Crippen LogP contribution in [0.25, 0.3) is 0 Å². The number of hydrogen-bond donors (Lipinski definition) is 1. The summed E-state index contributed by atoms with van der Waals surface area (Å²) in [5.74, 6) is 1.88. The lowest BCUT2D eigenvalue weighted by molar-refractivity contribution is -0.0109. The number of halogens is 1. The van der Waals surface area contributed by atoms with Crippen LogP contribution in [-0.2, 0) is 0 Å². The van der Waals surface area contributed by atoms with E-state index in [2.05, 4.69) is 35.0 Å². The fourth-order valence-electron chi connectivity index (χ4n) is 3.61. The number of rotatable bonds is 1. The van der Waals surface area contributed by atoms with Gasteiger partial charge in [-0.2, -0.15) is 0 Å². The highest BCUT2D eigenvalue weighted by molar-refractivity contribution is 9.10. The Hall–Kier alpha value is -0.540. The predicted octanol–water partition coefficient (Wildman–Crippen LogP) is 4.57. The van der Waals surface area contributed by atoms with Gasteiger partial charge in [0.15, 0.2) is 0 Å². The van der Waals surface area contributed by atoms with E-state index in [0.717, 1.165) is 41.0 Å². The number of hydrogen-bond acceptors (Lipinski definition) is 2. The van der Waals surface area contributed by atoms with Crippen LogP contribution in [0.3, 0.4) is 0 Å². The zero-order valence-electron chi connectivity index (χ0n) is 11.5. The van der Waals surface area contributed by atoms with Crippen LogP contribution < -0.4 is 10.5 Å². The molecule has 1 aromatic carbocycles. The van der Waals surface area contributed by atoms with Gasteiger partial charge in [-0.05, 0) is 49.8 Å². The van der Waals surface area contributed by atoms with Crippen LogP contribution in [0.5, 0.6) is 5.75 Å². The fraction of sp³-hybridized carbons (Fsp3) is 0.625. The van der Waals surface area contributed by atoms with Gasteiger partial charge in [0.05, 0.1) is 0 Å². The summed E-state index contributed by atoms with van der Waals surface area (Å²) < 4.78 is 7.46. The molecule has 1 aromatic rings. The second-order valence-electron chi connectivity index (χ2n) is 6.13. The Kier molecular flexibility index (Phi) is 3.61. The number of fused-ring (bicyclic) bond motifs is 1. The highest BCUT2D eigenvalue weighted by atomic mass is 79.9. The minimum absolute atomic E-state index is 0.00587. The molecule has 1 atom stereocenters. The molecule has 0 radical (unpaired) electrons. The van der Waals surface area contributed by atoms with Crippen molar-refractivity contribution >= 4 is 15.9 Å². The van der Waals surface area contributed by atoms with Gasteiger partial charge >= 0.3 is 0 Å². The summed E-state index contributed by atoms with van der Waals surface area (Å²) >= 11 is 3.51. The second-order valence-corrected chi connectivity index (χ2v) is 7.05. The van der Waals surface area contributed by atoms with E-state index in [1.165, 1.54) is 19.3 Å². The Morgan fingerprint density at radius 1 is 1.37 bits per heavy atom. The van der Waals surface area contributed by atoms with E-state index in [9.17, 15) is 0 Å². The molecular weight excluding hydrogens is 302 g/mol. The molecule has 0 amide bonds. The topological polar surface area (TPSA) is 35.2 Å². The molecule has 0 bridgehead atoms. The van der Waals surface area contributed by atoms with Crippen molar-refractivity contribution in [1.29, 1.82) is 0 Å². The summed E-state index contributed by atoms with van der Waals surface area (Å²) in [4.78, 5) is 0. The number of nitrogens with two attached hydrogens (primary N) is 1. The summed E-state index contributed by atoms with van der Waals surface area (Å²) in [6, 6.07) is 6.32. The summed E-state index contributed by atoms with van der Waals surface area (Å²) in [7, 11) is 0. The van der Waals surface area contributed by atoms with Crippen molar-refractivity contribution in [2.24, 2.45) is 11.7 Å². The first-order valence-electron chi connectivity index (χ1n) is 7.36. The van der Waals surface area contributed by atoms with Crippen LogP contribution in [0.4, 0.5) is 0 Å². The van der Waals surface area contributed by atoms with Gasteiger partial charge in [0, 0.05) is 22.5 Å². The van der Waals surface area contributed by atoms with Gasteiger partial charge in [0.25, 0.3) is 0 Å². The third-order valence-electron chi connectivity index (χ3n) is 4.88. The van der Waals surface area contributed by atoms with Gasteiger partial charge in [-0.3, -0.25) is 0 Å². The third kappa shape index (κ3) is 2.55. The van der Waals surface area contributed by atoms with Crippen LogP contribution in [0.15, 0.2) is 22.7 Å². The van der Waals surface area contributed by atoms with Gasteiger partial charge < -0.3 is 10.5 Å². The number of benzene rings is 1. The molecule has 19 heavy (non-hydrogen) atoms. The van der Waals surface area contributed by atoms with E-state index in [4.69, 9.17) is 10.5 Å². The first kappa shape index (κ1) is 13.4. The van der Waals surface area contributed by atoms with Crippen LogP contribution in [0, 0.1) is 5.92 Å². The van der Waals surface area contributed by atoms with Gasteiger partial charge in [0.1, 0.15) is 11.4 Å². The third-order valence-corrected chi connectivity index (χ3v) is 5.38. The minimum atomic E-state index is 0.00587. The van der Waals surface area contributed by atoms with E-state index in [-0.39, 0.29) is 11.6 Å². The lowest BCUT2D eigenvalue weighted by Crippen LogP contribution is -2.45. The maximum atomic E-state index is 6.39. The minimum Gasteiger partial charge on any atom is -0.487 e. The molecule has 2 aliphatic rings. The SMILES string of the molecule is CCC1CCC2(CC1)CC(N)c1cc(Br)ccc1O2. The van der Waals surface area contributed by atoms with Crippen LogP contribution in [0.1, 0.15) is 57.1 Å². The van der Waals surface area contributed by atoms with Gasteiger partial charge in [-0.25, -0.2) is 0 Å². The first-order valence-corrected chi connectivity index (χ1v) is 8.15. The normalized spacial score (nSPS) is 33.8. The predicted molar refractivity (Wildman–Crippen MR) is 81.3 cm³/mol. The maximum absolute atomic E-state index is 6.39. The van der Waals surface area contributed by atoms with Crippen molar-refractivity contribution in [3.8, 4) is 5.75 Å². The quantitative estimate of drug-likeness (QED) is 0.821. The Morgan fingerprint density at radius 2 is 2.11 bits per heavy atom. The van der Waals surface area contributed by atoms with Crippen LogP contribution in [0.2, 0.25) is 0 Å². The van der Waals surface area contributed by atoms with Crippen molar-refractivity contribution in [1.82, 2.24) is 0 Å². The van der Waals surface area contributed by atoms with E-state index < -0.39 is 0 Å². The lowest BCUT2D eigenvalue weighted by Gasteiger charge is -2.45. The Bertz CT molecular complexity index is 466. The molecule has 1 heterocycles. The highest BCUT2D eigenvalue weighted by Crippen LogP contribution is 2.47. The molecule has 1 fully saturated rings. The molecule has 3 heteroatoms. The average molecular weight is 324 g/mol. The largest absolute Gasteiger partial charge is 0.487 e. The van der Waals surface area contributed by atoms with E-state index in [0.29, 0.717) is 0 Å². The van der Waals surface area contributed by atoms with Gasteiger partial charge in [-0.15, -0.1) is 0 Å². The molecule has 2 N–H and O–H groups in total. The van der Waals surface area contributed by atoms with Crippen LogP contribution >= 0.6 is 15.9 Å². The summed E-state index contributed by atoms with van der Waals surface area (Å²) in [5, 5.41) is 0. The molecule has 1 aliphatic carbocycles. The summed E-state index contributed by atoms with van der Waals surface area (Å²) in [6.45, 7) is 2.29. The lowest BCUT2D eigenvalue weighted by atomic mass is 9.73. The van der Waals surface area contributed by atoms with E-state index in [1.807, 2.05) is 6.07 Å². The zero-order chi connectivity index (χ0) is 13.5. The molecule has 2 nitrogen and oxygen atoms in total. The molecule has 1 aliphatic heterocycles. The van der Waals surface area contributed by atoms with Crippen molar-refractivity contribution in [2.45, 2.75) is 57.1 Å². The van der Waals surface area contributed by atoms with Crippen molar-refractivity contribution in [2.75, 3.05) is 0 Å². The van der Waals surface area contributed by atoms with Crippen molar-refractivity contribution in [3.63, 3.8) is 0 Å². The Morgan fingerprint density at radius 3 is 2.79 bits per heavy atom. The monoisotopic (exact) mass is 323 g/mol. The first-order chi connectivity index (χ1) is 9.12. The molecule has 3 rings (SSSR count). The molecule has 1 unspecified atom stereocenters. The van der Waals surface area contributed by atoms with Gasteiger partial charge in [0.2, 0.25) is 0 Å². The molecule has 104 valence electrons. The Labute approximate surface area is 123 Å². The molecule has 1 saturated carbocycles. The molecular formula is C16H22BrNO. The van der Waals surface area contributed by atoms with E-state index >= 15 is 0 Å². The van der Waals surface area contributed by atoms with Crippen molar-refractivity contribution < 1.29 is 4.74 Å². The zero-order valence-corrected chi connectivity index (χ0v) is 13.1. The fourth-order valence-corrected chi connectivity index (χ4v) is 3.98. The van der Waals surface area contributed by atoms with E-state index in [1.54, 1.807) is 0 Å². The van der Waals surface area contributed by atoms with Gasteiger partial charge in [-0.1, -0.05) is 29.3 Å². The molecule has 1 spiro atoms. The smallest absolute Gasteiger partial charge is 0.124 e. The number of ether oxygens (including phenoxy) is 1. The average Bonchev–Trinajstić information content (AvgIpc) is 2.41. The van der Waals surface area contributed by atoms with Crippen LogP contribution in [-0.4, -0.2) is 5.60 Å². The maximum Gasteiger partial charge on any atom is 0.124 e. The second kappa shape index (κ2) is 5.10. The highest BCUT2D eigenvalue weighted by Gasteiger charge is 2.42. The summed E-state index contributed by atoms with van der Waals surface area (Å²) in [5.41, 5.74) is 7.54.